The lowest BCUT2D eigenvalue weighted by Crippen LogP contribution is -2.39. The van der Waals surface area contributed by atoms with E-state index in [-0.39, 0.29) is 5.54 Å². The number of aromatic nitrogens is 2. The molecule has 3 nitrogen and oxygen atoms in total. The lowest BCUT2D eigenvalue weighted by Gasteiger charge is -2.33. The smallest absolute Gasteiger partial charge is 0.0956 e. The number of aryl methyl sites for hydroxylation is 1. The fraction of sp³-hybridized carbons (Fsp3) is 0.471. The van der Waals surface area contributed by atoms with Gasteiger partial charge in [0.2, 0.25) is 0 Å². The quantitative estimate of drug-likeness (QED) is 0.903. The number of imidazole rings is 1. The molecule has 20 heavy (non-hydrogen) atoms. The zero-order chi connectivity index (χ0) is 14.8. The van der Waals surface area contributed by atoms with Crippen molar-refractivity contribution >= 4 is 0 Å². The van der Waals surface area contributed by atoms with E-state index in [1.165, 1.54) is 11.1 Å². The van der Waals surface area contributed by atoms with Gasteiger partial charge in [0.15, 0.2) is 0 Å². The molecule has 1 aromatic heterocycles. The highest BCUT2D eigenvalue weighted by Crippen LogP contribution is 2.30. The summed E-state index contributed by atoms with van der Waals surface area (Å²) < 4.78 is 2.24. The van der Waals surface area contributed by atoms with Crippen molar-refractivity contribution in [2.24, 2.45) is 11.7 Å². The number of rotatable bonds is 5. The first-order valence-electron chi connectivity index (χ1n) is 7.26. The average Bonchev–Trinajstić information content (AvgIpc) is 2.87. The Hall–Kier alpha value is -1.61. The molecule has 0 radical (unpaired) electrons. The van der Waals surface area contributed by atoms with Crippen molar-refractivity contribution < 1.29 is 0 Å². The molecule has 2 N–H and O–H groups in total. The topological polar surface area (TPSA) is 43.8 Å². The van der Waals surface area contributed by atoms with Crippen LogP contribution in [0, 0.1) is 12.8 Å². The summed E-state index contributed by atoms with van der Waals surface area (Å²) in [5.41, 5.74) is 9.58. The summed E-state index contributed by atoms with van der Waals surface area (Å²) in [6.45, 7) is 9.41. The summed E-state index contributed by atoms with van der Waals surface area (Å²) >= 11 is 0. The van der Waals surface area contributed by atoms with Crippen molar-refractivity contribution in [3.63, 3.8) is 0 Å². The molecule has 2 rings (SSSR count). The molecule has 0 fully saturated rings. The van der Waals surface area contributed by atoms with Crippen LogP contribution in [-0.4, -0.2) is 16.1 Å². The fourth-order valence-electron chi connectivity index (χ4n) is 2.90. The Morgan fingerprint density at radius 3 is 2.70 bits per heavy atom. The van der Waals surface area contributed by atoms with Gasteiger partial charge in [0.1, 0.15) is 0 Å². The summed E-state index contributed by atoms with van der Waals surface area (Å²) in [7, 11) is 0. The Morgan fingerprint density at radius 1 is 1.35 bits per heavy atom. The predicted octanol–water partition coefficient (Wildman–Crippen LogP) is 3.58. The van der Waals surface area contributed by atoms with Crippen LogP contribution in [0.5, 0.6) is 0 Å². The molecule has 0 bridgehead atoms. The molecular weight excluding hydrogens is 246 g/mol. The molecule has 0 spiro atoms. The first kappa shape index (κ1) is 14.8. The molecule has 0 aliphatic rings. The second-order valence-corrected chi connectivity index (χ2v) is 6.32. The Bertz CT molecular complexity index is 571. The van der Waals surface area contributed by atoms with E-state index >= 15 is 0 Å². The first-order valence-corrected chi connectivity index (χ1v) is 7.26. The van der Waals surface area contributed by atoms with E-state index < -0.39 is 0 Å². The first-order chi connectivity index (χ1) is 9.46. The minimum atomic E-state index is -0.0935. The van der Waals surface area contributed by atoms with E-state index in [2.05, 4.69) is 61.5 Å². The van der Waals surface area contributed by atoms with Gasteiger partial charge < -0.3 is 10.3 Å². The normalized spacial score (nSPS) is 14.5. The zero-order valence-corrected chi connectivity index (χ0v) is 12.9. The van der Waals surface area contributed by atoms with Gasteiger partial charge in [0.25, 0.3) is 0 Å². The second-order valence-electron chi connectivity index (χ2n) is 6.32. The van der Waals surface area contributed by atoms with Crippen molar-refractivity contribution in [3.8, 4) is 11.3 Å². The SMILES string of the molecule is Cc1cccc(-c2cncn2C(C)(CN)CC(C)C)c1. The molecule has 3 heteroatoms. The molecule has 0 amide bonds. The van der Waals surface area contributed by atoms with Crippen molar-refractivity contribution in [1.82, 2.24) is 9.55 Å². The monoisotopic (exact) mass is 271 g/mol. The molecule has 0 saturated heterocycles. The van der Waals surface area contributed by atoms with E-state index in [9.17, 15) is 0 Å². The van der Waals surface area contributed by atoms with Crippen LogP contribution in [0.3, 0.4) is 0 Å². The summed E-state index contributed by atoms with van der Waals surface area (Å²) in [6.07, 6.45) is 4.88. The molecule has 0 saturated carbocycles. The average molecular weight is 271 g/mol. The molecule has 1 aromatic carbocycles. The third-order valence-corrected chi connectivity index (χ3v) is 3.82. The maximum absolute atomic E-state index is 6.07. The van der Waals surface area contributed by atoms with Crippen LogP contribution >= 0.6 is 0 Å². The summed E-state index contributed by atoms with van der Waals surface area (Å²) in [4.78, 5) is 4.36. The van der Waals surface area contributed by atoms with Gasteiger partial charge in [0, 0.05) is 12.1 Å². The van der Waals surface area contributed by atoms with E-state index in [0.29, 0.717) is 12.5 Å². The molecular formula is C17H25N3. The van der Waals surface area contributed by atoms with Crippen LogP contribution < -0.4 is 5.73 Å². The van der Waals surface area contributed by atoms with Gasteiger partial charge in [-0.25, -0.2) is 4.98 Å². The minimum Gasteiger partial charge on any atom is -0.328 e. The van der Waals surface area contributed by atoms with Crippen LogP contribution in [0.2, 0.25) is 0 Å². The third kappa shape index (κ3) is 2.93. The highest BCUT2D eigenvalue weighted by Gasteiger charge is 2.28. The van der Waals surface area contributed by atoms with Gasteiger partial charge >= 0.3 is 0 Å². The van der Waals surface area contributed by atoms with Gasteiger partial charge in [-0.2, -0.15) is 0 Å². The highest BCUT2D eigenvalue weighted by atomic mass is 15.1. The van der Waals surface area contributed by atoms with Gasteiger partial charge in [0.05, 0.1) is 23.8 Å². The standard InChI is InChI=1S/C17H25N3/c1-13(2)9-17(4,11-18)20-12-19-10-16(20)15-7-5-6-14(3)8-15/h5-8,10,12-13H,9,11,18H2,1-4H3. The van der Waals surface area contributed by atoms with Crippen molar-refractivity contribution in [3.05, 3.63) is 42.4 Å². The molecule has 1 heterocycles. The van der Waals surface area contributed by atoms with Crippen molar-refractivity contribution in [2.75, 3.05) is 6.54 Å². The maximum Gasteiger partial charge on any atom is 0.0956 e. The van der Waals surface area contributed by atoms with Crippen LogP contribution in [0.4, 0.5) is 0 Å². The number of nitrogens with zero attached hydrogens (tertiary/aromatic N) is 2. The molecule has 108 valence electrons. The number of nitrogens with two attached hydrogens (primary N) is 1. The lowest BCUT2D eigenvalue weighted by atomic mass is 9.90. The summed E-state index contributed by atoms with van der Waals surface area (Å²) in [6, 6.07) is 8.53. The Labute approximate surface area is 121 Å². The van der Waals surface area contributed by atoms with Gasteiger partial charge in [-0.05, 0) is 32.3 Å². The van der Waals surface area contributed by atoms with E-state index in [4.69, 9.17) is 5.73 Å². The highest BCUT2D eigenvalue weighted by molar-refractivity contribution is 5.60. The van der Waals surface area contributed by atoms with Crippen molar-refractivity contribution in [2.45, 2.75) is 39.7 Å². The van der Waals surface area contributed by atoms with E-state index in [0.717, 1.165) is 12.1 Å². The minimum absolute atomic E-state index is 0.0935. The Morgan fingerprint density at radius 2 is 2.10 bits per heavy atom. The number of hydrogen-bond acceptors (Lipinski definition) is 2. The second kappa shape index (κ2) is 5.80. The van der Waals surface area contributed by atoms with Crippen molar-refractivity contribution in [1.29, 1.82) is 0 Å². The molecule has 1 atom stereocenters. The number of benzene rings is 1. The molecule has 1 unspecified atom stereocenters. The zero-order valence-electron chi connectivity index (χ0n) is 12.9. The molecule has 2 aromatic rings. The Balaban J connectivity index is 2.46. The van der Waals surface area contributed by atoms with Gasteiger partial charge in [-0.1, -0.05) is 37.6 Å². The van der Waals surface area contributed by atoms with Gasteiger partial charge in [-0.15, -0.1) is 0 Å². The van der Waals surface area contributed by atoms with Gasteiger partial charge in [-0.3, -0.25) is 0 Å². The lowest BCUT2D eigenvalue weighted by molar-refractivity contribution is 0.267. The molecule has 0 aliphatic carbocycles. The predicted molar refractivity (Wildman–Crippen MR) is 84.6 cm³/mol. The van der Waals surface area contributed by atoms with Crippen LogP contribution in [-0.2, 0) is 5.54 Å². The third-order valence-electron chi connectivity index (χ3n) is 3.82. The fourth-order valence-corrected chi connectivity index (χ4v) is 2.90. The van der Waals surface area contributed by atoms with Crippen LogP contribution in [0.1, 0.15) is 32.8 Å². The Kier molecular flexibility index (Phi) is 4.29. The van der Waals surface area contributed by atoms with Crippen LogP contribution in [0.15, 0.2) is 36.8 Å². The largest absolute Gasteiger partial charge is 0.328 e. The summed E-state index contributed by atoms with van der Waals surface area (Å²) in [5.74, 6) is 0.594. The summed E-state index contributed by atoms with van der Waals surface area (Å²) in [5, 5.41) is 0. The molecule has 0 aliphatic heterocycles. The van der Waals surface area contributed by atoms with Crippen LogP contribution in [0.25, 0.3) is 11.3 Å². The van der Waals surface area contributed by atoms with E-state index in [1.807, 2.05) is 12.5 Å². The maximum atomic E-state index is 6.07. The van der Waals surface area contributed by atoms with E-state index in [1.54, 1.807) is 0 Å². The number of hydrogen-bond donors (Lipinski definition) is 1.